The first-order chi connectivity index (χ1) is 9.14. The lowest BCUT2D eigenvalue weighted by Crippen LogP contribution is -2.16. The average Bonchev–Trinajstić information content (AvgIpc) is 2.33. The predicted molar refractivity (Wildman–Crippen MR) is 80.5 cm³/mol. The predicted octanol–water partition coefficient (Wildman–Crippen LogP) is 1.71. The van der Waals surface area contributed by atoms with Gasteiger partial charge in [0.05, 0.1) is 12.4 Å². The smallest absolute Gasteiger partial charge is 0.271 e. The van der Waals surface area contributed by atoms with Gasteiger partial charge in [0.15, 0.2) is 0 Å². The van der Waals surface area contributed by atoms with Crippen LogP contribution < -0.4 is 0 Å². The first-order valence-corrected chi connectivity index (χ1v) is 8.51. The normalized spacial score (nSPS) is 12.4. The Morgan fingerprint density at radius 1 is 1.00 bits per heavy atom. The third-order valence-corrected chi connectivity index (χ3v) is 4.02. The molecule has 0 fully saturated rings. The molecule has 0 saturated heterocycles. The Morgan fingerprint density at radius 3 is 1.80 bits per heavy atom. The van der Waals surface area contributed by atoms with Gasteiger partial charge in [0.1, 0.15) is 5.25 Å². The summed E-state index contributed by atoms with van der Waals surface area (Å²) in [6.07, 6.45) is 5.44. The molecule has 8 heteroatoms. The van der Waals surface area contributed by atoms with Crippen molar-refractivity contribution in [3.63, 3.8) is 0 Å². The Morgan fingerprint density at radius 2 is 1.55 bits per heavy atom. The molecular formula is C12H20O6S2. The maximum atomic E-state index is 10.6. The Balaban J connectivity index is 0. The average molecular weight is 324 g/mol. The summed E-state index contributed by atoms with van der Waals surface area (Å²) in [7, 11) is -7.35. The van der Waals surface area contributed by atoms with Crippen LogP contribution >= 0.6 is 0 Å². The number of allylic oxidation sites excluding steroid dienone is 1. The summed E-state index contributed by atoms with van der Waals surface area (Å²) in [5.74, 6) is -0.152. The molecule has 6 nitrogen and oxygen atoms in total. The molecule has 1 unspecified atom stereocenters. The minimum atomic E-state index is -3.97. The molecule has 0 aliphatic heterocycles. The maximum Gasteiger partial charge on any atom is 0.271 e. The van der Waals surface area contributed by atoms with Crippen molar-refractivity contribution in [1.82, 2.24) is 0 Å². The zero-order chi connectivity index (χ0) is 16.2. The summed E-state index contributed by atoms with van der Waals surface area (Å²) in [5.41, 5.74) is 0. The van der Waals surface area contributed by atoms with Gasteiger partial charge >= 0.3 is 0 Å². The van der Waals surface area contributed by atoms with Crippen LogP contribution in [0, 0.1) is 0 Å². The van der Waals surface area contributed by atoms with Gasteiger partial charge in [0.25, 0.3) is 20.2 Å². The van der Waals surface area contributed by atoms with Crippen LogP contribution in [-0.2, 0) is 24.4 Å². The van der Waals surface area contributed by atoms with Crippen LogP contribution in [0.1, 0.15) is 6.42 Å². The molecule has 0 radical (unpaired) electrons. The van der Waals surface area contributed by atoms with Crippen LogP contribution in [0.4, 0.5) is 0 Å². The lowest BCUT2D eigenvalue weighted by atomic mass is 10.3. The zero-order valence-electron chi connectivity index (χ0n) is 11.1. The van der Waals surface area contributed by atoms with Gasteiger partial charge in [-0.1, -0.05) is 24.3 Å². The van der Waals surface area contributed by atoms with Gasteiger partial charge in [0, 0.05) is 0 Å². The van der Waals surface area contributed by atoms with E-state index in [1.54, 1.807) is 0 Å². The number of rotatable bonds is 9. The highest BCUT2D eigenvalue weighted by atomic mass is 32.2. The summed E-state index contributed by atoms with van der Waals surface area (Å²) in [6.45, 7) is 13.2. The van der Waals surface area contributed by atoms with Crippen LogP contribution in [0.15, 0.2) is 50.6 Å². The second-order valence-corrected chi connectivity index (χ2v) is 6.72. The monoisotopic (exact) mass is 324 g/mol. The SMILES string of the molecule is C=CCC(C=C)S(=O)(=O)O.C=CCOS(=O)(=O)CC=C. The van der Waals surface area contributed by atoms with Gasteiger partial charge in [-0.05, 0) is 6.42 Å². The van der Waals surface area contributed by atoms with Gasteiger partial charge in [0.2, 0.25) is 0 Å². The Labute approximate surface area is 121 Å². The third kappa shape index (κ3) is 11.8. The van der Waals surface area contributed by atoms with Gasteiger partial charge in [-0.25, -0.2) is 0 Å². The van der Waals surface area contributed by atoms with E-state index >= 15 is 0 Å². The molecule has 116 valence electrons. The van der Waals surface area contributed by atoms with Gasteiger partial charge in [-0.15, -0.1) is 26.3 Å². The summed E-state index contributed by atoms with van der Waals surface area (Å²) >= 11 is 0. The van der Waals surface area contributed by atoms with E-state index in [9.17, 15) is 16.8 Å². The largest absolute Gasteiger partial charge is 0.285 e. The van der Waals surface area contributed by atoms with E-state index < -0.39 is 25.5 Å². The van der Waals surface area contributed by atoms with Crippen LogP contribution in [-0.4, -0.2) is 39.0 Å². The molecule has 0 saturated carbocycles. The molecule has 0 heterocycles. The highest BCUT2D eigenvalue weighted by Gasteiger charge is 2.16. The lowest BCUT2D eigenvalue weighted by molar-refractivity contribution is 0.359. The van der Waals surface area contributed by atoms with Crippen molar-refractivity contribution in [1.29, 1.82) is 0 Å². The molecule has 0 bridgehead atoms. The Bertz CT molecular complexity index is 504. The topological polar surface area (TPSA) is 97.7 Å². The van der Waals surface area contributed by atoms with E-state index in [0.717, 1.165) is 0 Å². The van der Waals surface area contributed by atoms with E-state index in [-0.39, 0.29) is 18.8 Å². The lowest BCUT2D eigenvalue weighted by Gasteiger charge is -2.03. The van der Waals surface area contributed by atoms with Gasteiger partial charge in [-0.3, -0.25) is 8.74 Å². The second-order valence-electron chi connectivity index (χ2n) is 3.40. The van der Waals surface area contributed by atoms with Crippen molar-refractivity contribution in [3.05, 3.63) is 50.6 Å². The van der Waals surface area contributed by atoms with E-state index in [2.05, 4.69) is 30.5 Å². The molecule has 1 N–H and O–H groups in total. The van der Waals surface area contributed by atoms with E-state index in [4.69, 9.17) is 4.55 Å². The van der Waals surface area contributed by atoms with Crippen LogP contribution in [0.3, 0.4) is 0 Å². The first kappa shape index (κ1) is 21.1. The zero-order valence-corrected chi connectivity index (χ0v) is 12.8. The fourth-order valence-corrected chi connectivity index (χ4v) is 2.16. The first-order valence-electron chi connectivity index (χ1n) is 5.43. The third-order valence-electron chi connectivity index (χ3n) is 1.73. The fraction of sp³-hybridized carbons (Fsp3) is 0.333. The minimum absolute atomic E-state index is 0.0240. The maximum absolute atomic E-state index is 10.6. The van der Waals surface area contributed by atoms with Gasteiger partial charge in [-0.2, -0.15) is 16.8 Å². The van der Waals surface area contributed by atoms with Crippen molar-refractivity contribution < 1.29 is 25.6 Å². The standard InChI is InChI=1S/2C6H10O3S/c1-3-5-9-10(7,8)6-4-2;1-3-5-6(4-2)10(7,8)9/h3-4H,1-2,5-6H2;3-4,6H,1-2,5H2,(H,7,8,9). The summed E-state index contributed by atoms with van der Waals surface area (Å²) in [4.78, 5) is 0. The molecule has 1 atom stereocenters. The van der Waals surface area contributed by atoms with Crippen molar-refractivity contribution in [2.24, 2.45) is 0 Å². The molecular weight excluding hydrogens is 304 g/mol. The van der Waals surface area contributed by atoms with Gasteiger partial charge < -0.3 is 0 Å². The van der Waals surface area contributed by atoms with Crippen LogP contribution in [0.25, 0.3) is 0 Å². The molecule has 0 aliphatic carbocycles. The highest BCUT2D eigenvalue weighted by molar-refractivity contribution is 7.87. The van der Waals surface area contributed by atoms with E-state index in [1.807, 2.05) is 0 Å². The summed E-state index contributed by atoms with van der Waals surface area (Å²) in [6, 6.07) is 0. The number of hydrogen-bond acceptors (Lipinski definition) is 5. The molecule has 0 spiro atoms. The van der Waals surface area contributed by atoms with Crippen molar-refractivity contribution in [2.75, 3.05) is 12.4 Å². The Kier molecular flexibility index (Phi) is 11.1. The number of hydrogen-bond donors (Lipinski definition) is 1. The molecule has 0 amide bonds. The molecule has 0 aromatic carbocycles. The fourth-order valence-electron chi connectivity index (χ4n) is 0.848. The molecule has 0 rings (SSSR count). The van der Waals surface area contributed by atoms with Crippen LogP contribution in [0.2, 0.25) is 0 Å². The van der Waals surface area contributed by atoms with Crippen molar-refractivity contribution >= 4 is 20.2 Å². The Hall–Kier alpha value is -1.22. The van der Waals surface area contributed by atoms with E-state index in [0.29, 0.717) is 0 Å². The van der Waals surface area contributed by atoms with Crippen molar-refractivity contribution in [3.8, 4) is 0 Å². The van der Waals surface area contributed by atoms with Crippen LogP contribution in [0.5, 0.6) is 0 Å². The highest BCUT2D eigenvalue weighted by Crippen LogP contribution is 2.04. The minimum Gasteiger partial charge on any atom is -0.285 e. The quantitative estimate of drug-likeness (QED) is 0.394. The summed E-state index contributed by atoms with van der Waals surface area (Å²) in [5, 5.41) is -0.912. The van der Waals surface area contributed by atoms with Crippen molar-refractivity contribution in [2.45, 2.75) is 11.7 Å². The molecule has 20 heavy (non-hydrogen) atoms. The second kappa shape index (κ2) is 10.6. The molecule has 0 aromatic rings. The summed E-state index contributed by atoms with van der Waals surface area (Å²) < 4.78 is 54.9. The molecule has 0 aliphatic rings. The van der Waals surface area contributed by atoms with E-state index in [1.165, 1.54) is 24.3 Å². The molecule has 0 aromatic heterocycles.